The highest BCUT2D eigenvalue weighted by molar-refractivity contribution is 7.91. The molecule has 0 spiro atoms. The van der Waals surface area contributed by atoms with E-state index in [2.05, 4.69) is 6.07 Å². The molecule has 0 bridgehead atoms. The van der Waals surface area contributed by atoms with E-state index >= 15 is 0 Å². The lowest BCUT2D eigenvalue weighted by molar-refractivity contribution is 0.117. The smallest absolute Gasteiger partial charge is 0.152 e. The van der Waals surface area contributed by atoms with Crippen LogP contribution in [0.4, 0.5) is 0 Å². The van der Waals surface area contributed by atoms with Crippen LogP contribution < -0.4 is 0 Å². The number of halogens is 1. The quantitative estimate of drug-likeness (QED) is 0.837. The zero-order valence-corrected chi connectivity index (χ0v) is 12.9. The van der Waals surface area contributed by atoms with Gasteiger partial charge in [0.25, 0.3) is 0 Å². The van der Waals surface area contributed by atoms with Gasteiger partial charge >= 0.3 is 0 Å². The van der Waals surface area contributed by atoms with Gasteiger partial charge in [-0.15, -0.1) is 0 Å². The molecule has 1 aliphatic rings. The monoisotopic (exact) mass is 313 g/mol. The molecule has 3 atom stereocenters. The molecule has 1 aromatic carbocycles. The number of hydrogen-bond donors (Lipinski definition) is 0. The number of ether oxygens (including phenoxy) is 1. The lowest BCUT2D eigenvalue weighted by atomic mass is 10.0. The molecule has 4 nitrogen and oxygen atoms in total. The minimum absolute atomic E-state index is 0.130. The molecule has 2 rings (SSSR count). The average molecular weight is 314 g/mol. The van der Waals surface area contributed by atoms with Gasteiger partial charge in [-0.3, -0.25) is 0 Å². The van der Waals surface area contributed by atoms with E-state index in [9.17, 15) is 13.7 Å². The zero-order chi connectivity index (χ0) is 15.0. The van der Waals surface area contributed by atoms with Crippen LogP contribution in [0.3, 0.4) is 0 Å². The Morgan fingerprint density at radius 2 is 2.00 bits per heavy atom. The van der Waals surface area contributed by atoms with Crippen LogP contribution in [-0.4, -0.2) is 33.1 Å². The third-order valence-corrected chi connectivity index (χ3v) is 5.57. The predicted molar refractivity (Wildman–Crippen MR) is 77.4 cm³/mol. The first-order chi connectivity index (χ1) is 9.36. The summed E-state index contributed by atoms with van der Waals surface area (Å²) >= 11 is 5.84. The molecule has 0 N–H and O–H groups in total. The van der Waals surface area contributed by atoms with Crippen LogP contribution in [0.1, 0.15) is 18.4 Å². The molecule has 6 heteroatoms. The van der Waals surface area contributed by atoms with Crippen LogP contribution in [0.5, 0.6) is 0 Å². The van der Waals surface area contributed by atoms with Crippen LogP contribution in [-0.2, 0) is 14.6 Å². The maximum absolute atomic E-state index is 11.9. The lowest BCUT2D eigenvalue weighted by Gasteiger charge is -2.08. The van der Waals surface area contributed by atoms with Gasteiger partial charge < -0.3 is 4.74 Å². The second kappa shape index (κ2) is 5.36. The van der Waals surface area contributed by atoms with Crippen LogP contribution in [0.15, 0.2) is 24.3 Å². The molecule has 1 fully saturated rings. The molecule has 108 valence electrons. The van der Waals surface area contributed by atoms with Crippen molar-refractivity contribution in [3.8, 4) is 6.07 Å². The van der Waals surface area contributed by atoms with E-state index in [0.717, 1.165) is 5.56 Å². The Kier molecular flexibility index (Phi) is 4.10. The van der Waals surface area contributed by atoms with E-state index in [4.69, 9.17) is 16.3 Å². The molecule has 1 saturated carbocycles. The first kappa shape index (κ1) is 15.3. The molecular formula is C14H16ClNO3S. The van der Waals surface area contributed by atoms with E-state index in [0.29, 0.717) is 11.6 Å². The van der Waals surface area contributed by atoms with E-state index in [1.165, 1.54) is 6.26 Å². The second-order valence-corrected chi connectivity index (χ2v) is 7.67. The highest BCUT2D eigenvalue weighted by Crippen LogP contribution is 2.62. The third-order valence-electron chi connectivity index (χ3n) is 3.70. The Labute approximate surface area is 124 Å². The van der Waals surface area contributed by atoms with Crippen LogP contribution in [0, 0.1) is 16.7 Å². The van der Waals surface area contributed by atoms with E-state index in [1.807, 2.05) is 6.92 Å². The minimum atomic E-state index is -3.32. The van der Waals surface area contributed by atoms with E-state index in [-0.39, 0.29) is 12.5 Å². The molecule has 1 aromatic rings. The fourth-order valence-corrected chi connectivity index (χ4v) is 4.76. The Morgan fingerprint density at radius 3 is 2.45 bits per heavy atom. The van der Waals surface area contributed by atoms with Crippen molar-refractivity contribution in [1.29, 1.82) is 5.26 Å². The highest BCUT2D eigenvalue weighted by Gasteiger charge is 2.71. The van der Waals surface area contributed by atoms with Crippen molar-refractivity contribution in [2.45, 2.75) is 18.1 Å². The van der Waals surface area contributed by atoms with Gasteiger partial charge in [0.15, 0.2) is 9.84 Å². The summed E-state index contributed by atoms with van der Waals surface area (Å²) in [5, 5.41) is 9.35. The summed E-state index contributed by atoms with van der Waals surface area (Å²) in [6.45, 7) is 2.40. The molecule has 20 heavy (non-hydrogen) atoms. The largest absolute Gasteiger partial charge is 0.380 e. The maximum atomic E-state index is 11.9. The minimum Gasteiger partial charge on any atom is -0.380 e. The highest BCUT2D eigenvalue weighted by atomic mass is 35.5. The van der Waals surface area contributed by atoms with Gasteiger partial charge in [0.1, 0.15) is 5.41 Å². The first-order valence-electron chi connectivity index (χ1n) is 6.30. The summed E-state index contributed by atoms with van der Waals surface area (Å²) in [5.41, 5.74) is -0.177. The second-order valence-electron chi connectivity index (χ2n) is 5.07. The fourth-order valence-electron chi connectivity index (χ4n) is 2.78. The summed E-state index contributed by atoms with van der Waals surface area (Å²) in [7, 11) is -3.32. The molecular weight excluding hydrogens is 298 g/mol. The summed E-state index contributed by atoms with van der Waals surface area (Å²) in [6, 6.07) is 9.13. The van der Waals surface area contributed by atoms with Crippen molar-refractivity contribution in [1.82, 2.24) is 0 Å². The van der Waals surface area contributed by atoms with Crippen LogP contribution in [0.25, 0.3) is 0 Å². The molecule has 0 saturated heterocycles. The maximum Gasteiger partial charge on any atom is 0.152 e. The van der Waals surface area contributed by atoms with Crippen LogP contribution >= 0.6 is 11.6 Å². The molecule has 0 heterocycles. The van der Waals surface area contributed by atoms with Crippen molar-refractivity contribution in [3.63, 3.8) is 0 Å². The Hall–Kier alpha value is -1.09. The van der Waals surface area contributed by atoms with E-state index < -0.39 is 20.5 Å². The number of hydrogen-bond acceptors (Lipinski definition) is 4. The van der Waals surface area contributed by atoms with Gasteiger partial charge in [-0.25, -0.2) is 8.42 Å². The van der Waals surface area contributed by atoms with Gasteiger partial charge in [-0.05, 0) is 24.6 Å². The average Bonchev–Trinajstić information content (AvgIpc) is 3.07. The van der Waals surface area contributed by atoms with Gasteiger partial charge in [0.05, 0.1) is 17.9 Å². The molecule has 0 amide bonds. The van der Waals surface area contributed by atoms with Gasteiger partial charge in [0.2, 0.25) is 0 Å². The van der Waals surface area contributed by atoms with Gasteiger partial charge in [-0.2, -0.15) is 5.26 Å². The normalized spacial score (nSPS) is 28.9. The Morgan fingerprint density at radius 1 is 1.40 bits per heavy atom. The summed E-state index contributed by atoms with van der Waals surface area (Å²) in [4.78, 5) is 0. The summed E-state index contributed by atoms with van der Waals surface area (Å²) in [6.07, 6.45) is 1.17. The van der Waals surface area contributed by atoms with E-state index in [1.54, 1.807) is 24.3 Å². The lowest BCUT2D eigenvalue weighted by Crippen LogP contribution is -2.18. The number of sulfone groups is 1. The molecule has 0 aromatic heterocycles. The first-order valence-corrected chi connectivity index (χ1v) is 8.63. The van der Waals surface area contributed by atoms with Crippen molar-refractivity contribution in [2.24, 2.45) is 5.41 Å². The predicted octanol–water partition coefficient (Wildman–Crippen LogP) is 2.40. The van der Waals surface area contributed by atoms with Crippen molar-refractivity contribution < 1.29 is 13.2 Å². The summed E-state index contributed by atoms with van der Waals surface area (Å²) < 4.78 is 29.2. The number of benzene rings is 1. The van der Waals surface area contributed by atoms with Gasteiger partial charge in [-0.1, -0.05) is 23.7 Å². The van der Waals surface area contributed by atoms with Crippen molar-refractivity contribution in [3.05, 3.63) is 34.9 Å². The zero-order valence-electron chi connectivity index (χ0n) is 11.3. The number of nitrogens with zero attached hydrogens (tertiary/aromatic N) is 1. The summed E-state index contributed by atoms with van der Waals surface area (Å²) in [5.74, 6) is -0.355. The third kappa shape index (κ3) is 2.56. The molecule has 0 aliphatic heterocycles. The SMILES string of the molecule is CCOC[C@@]1(C#N)[C@H](S(C)(=O)=O)[C@@H]1c1ccc(Cl)cc1. The number of nitriles is 1. The Balaban J connectivity index is 2.40. The topological polar surface area (TPSA) is 67.2 Å². The van der Waals surface area contributed by atoms with Gasteiger partial charge in [0, 0.05) is 23.8 Å². The fraction of sp³-hybridized carbons (Fsp3) is 0.500. The standard InChI is InChI=1S/C14H16ClNO3S/c1-3-19-9-14(8-16)12(13(14)20(2,17)18)10-4-6-11(15)7-5-10/h4-7,12-13H,3,9H2,1-2H3/t12-,13+,14+/m0/s1. The van der Waals surface area contributed by atoms with Crippen molar-refractivity contribution in [2.75, 3.05) is 19.5 Å². The number of rotatable bonds is 5. The molecule has 0 radical (unpaired) electrons. The molecule has 1 aliphatic carbocycles. The molecule has 0 unspecified atom stereocenters. The van der Waals surface area contributed by atoms with Crippen molar-refractivity contribution >= 4 is 21.4 Å². The van der Waals surface area contributed by atoms with Crippen LogP contribution in [0.2, 0.25) is 5.02 Å². The Bertz CT molecular complexity index is 635.